The summed E-state index contributed by atoms with van der Waals surface area (Å²) < 4.78 is 52.5. The maximum Gasteiger partial charge on any atom is 0.417 e. The van der Waals surface area contributed by atoms with Gasteiger partial charge in [-0.25, -0.2) is 0 Å². The van der Waals surface area contributed by atoms with Gasteiger partial charge in [0.05, 0.1) is 37.1 Å². The van der Waals surface area contributed by atoms with Crippen molar-refractivity contribution in [1.82, 2.24) is 20.1 Å². The van der Waals surface area contributed by atoms with Crippen molar-refractivity contribution in [2.75, 3.05) is 24.8 Å². The van der Waals surface area contributed by atoms with E-state index in [0.29, 0.717) is 34.6 Å². The number of thioether (sulfide) groups is 1. The Kier molecular flexibility index (Phi) is 9.50. The van der Waals surface area contributed by atoms with E-state index in [1.165, 1.54) is 12.1 Å². The van der Waals surface area contributed by atoms with Gasteiger partial charge in [-0.15, -0.1) is 10.2 Å². The van der Waals surface area contributed by atoms with Crippen molar-refractivity contribution in [2.24, 2.45) is 0 Å². The molecule has 0 aliphatic carbocycles. The van der Waals surface area contributed by atoms with Crippen molar-refractivity contribution < 1.29 is 32.2 Å². The van der Waals surface area contributed by atoms with Crippen LogP contribution in [0.2, 0.25) is 0 Å². The highest BCUT2D eigenvalue weighted by Gasteiger charge is 2.34. The minimum Gasteiger partial charge on any atom is -0.497 e. The van der Waals surface area contributed by atoms with Crippen LogP contribution in [0.15, 0.2) is 78.0 Å². The van der Waals surface area contributed by atoms with Gasteiger partial charge in [-0.3, -0.25) is 14.2 Å². The first-order valence-corrected chi connectivity index (χ1v) is 13.4. The molecule has 0 aliphatic heterocycles. The fraction of sp³-hybridized carbons (Fsp3) is 0.214. The lowest BCUT2D eigenvalue weighted by molar-refractivity contribution is -0.138. The number of hydrogen-bond donors (Lipinski definition) is 2. The van der Waals surface area contributed by atoms with Crippen LogP contribution in [0, 0.1) is 0 Å². The number of methoxy groups -OCH3 is 1. The van der Waals surface area contributed by atoms with Crippen molar-refractivity contribution in [3.05, 3.63) is 89.7 Å². The van der Waals surface area contributed by atoms with Crippen LogP contribution < -0.4 is 20.1 Å². The average Bonchev–Trinajstić information content (AvgIpc) is 3.38. The largest absolute Gasteiger partial charge is 0.497 e. The van der Waals surface area contributed by atoms with Gasteiger partial charge in [-0.05, 0) is 67.6 Å². The number of aromatic nitrogens is 3. The molecule has 0 saturated heterocycles. The summed E-state index contributed by atoms with van der Waals surface area (Å²) in [6.45, 7) is 2.12. The van der Waals surface area contributed by atoms with Crippen molar-refractivity contribution in [1.29, 1.82) is 0 Å². The molecule has 214 valence electrons. The maximum atomic E-state index is 13.4. The minimum absolute atomic E-state index is 0.00743. The minimum atomic E-state index is -4.69. The van der Waals surface area contributed by atoms with Crippen molar-refractivity contribution >= 4 is 29.3 Å². The summed E-state index contributed by atoms with van der Waals surface area (Å²) in [5.41, 5.74) is -0.343. The van der Waals surface area contributed by atoms with Crippen LogP contribution in [0.3, 0.4) is 0 Å². The summed E-state index contributed by atoms with van der Waals surface area (Å²) in [4.78, 5) is 25.3. The molecule has 2 N–H and O–H groups in total. The first-order valence-electron chi connectivity index (χ1n) is 12.4. The van der Waals surface area contributed by atoms with Gasteiger partial charge < -0.3 is 20.1 Å². The monoisotopic (exact) mass is 585 g/mol. The Morgan fingerprint density at radius 3 is 2.29 bits per heavy atom. The molecule has 0 spiro atoms. The molecule has 3 aromatic carbocycles. The van der Waals surface area contributed by atoms with Crippen LogP contribution in [0.1, 0.15) is 28.7 Å². The number of nitrogens with one attached hydrogen (secondary N) is 2. The van der Waals surface area contributed by atoms with E-state index in [9.17, 15) is 22.8 Å². The molecule has 1 heterocycles. The number of carbonyl (C=O) groups is 2. The Morgan fingerprint density at radius 1 is 0.951 bits per heavy atom. The van der Waals surface area contributed by atoms with Crippen LogP contribution in [-0.4, -0.2) is 46.0 Å². The van der Waals surface area contributed by atoms with E-state index in [1.54, 1.807) is 60.2 Å². The molecule has 0 unspecified atom stereocenters. The number of alkyl halides is 3. The lowest BCUT2D eigenvalue weighted by Crippen LogP contribution is -2.27. The second kappa shape index (κ2) is 13.2. The molecule has 4 aromatic rings. The fourth-order valence-corrected chi connectivity index (χ4v) is 4.58. The van der Waals surface area contributed by atoms with Crippen LogP contribution in [0.25, 0.3) is 5.69 Å². The third kappa shape index (κ3) is 7.57. The molecule has 9 nitrogen and oxygen atoms in total. The SMILES string of the molecule is CCOc1ccc(-n2c(CNC(=O)c3ccccc3C(F)(F)F)nnc2SCC(=O)Nc2ccc(OC)cc2)cc1. The first kappa shape index (κ1) is 29.5. The molecule has 0 fully saturated rings. The normalized spacial score (nSPS) is 11.1. The van der Waals surface area contributed by atoms with Crippen LogP contribution in [0.4, 0.5) is 18.9 Å². The molecule has 0 bridgehead atoms. The lowest BCUT2D eigenvalue weighted by Gasteiger charge is -2.14. The topological polar surface area (TPSA) is 107 Å². The molecular weight excluding hydrogens is 559 g/mol. The standard InChI is InChI=1S/C28H26F3N5O4S/c1-3-40-21-14-10-19(11-15-21)36-24(16-32-26(38)22-6-4-5-7-23(22)28(29,30)31)34-35-27(36)41-17-25(37)33-18-8-12-20(39-2)13-9-18/h4-15H,3,16-17H2,1-2H3,(H,32,38)(H,33,37). The molecule has 0 aliphatic rings. The van der Waals surface area contributed by atoms with Crippen molar-refractivity contribution in [3.8, 4) is 17.2 Å². The Bertz CT molecular complexity index is 1490. The molecule has 4 rings (SSSR count). The number of rotatable bonds is 11. The third-order valence-electron chi connectivity index (χ3n) is 5.70. The third-order valence-corrected chi connectivity index (χ3v) is 6.63. The zero-order valence-electron chi connectivity index (χ0n) is 22.1. The molecule has 13 heteroatoms. The summed E-state index contributed by atoms with van der Waals surface area (Å²) in [5.74, 6) is 0.336. The maximum absolute atomic E-state index is 13.4. The zero-order valence-corrected chi connectivity index (χ0v) is 22.9. The Balaban J connectivity index is 1.53. The van der Waals surface area contributed by atoms with E-state index < -0.39 is 23.2 Å². The fourth-order valence-electron chi connectivity index (χ4n) is 3.81. The first-order chi connectivity index (χ1) is 19.7. The number of ether oxygens (including phenoxy) is 2. The van der Waals surface area contributed by atoms with Gasteiger partial charge in [0.1, 0.15) is 11.5 Å². The Hall–Kier alpha value is -4.52. The Morgan fingerprint density at radius 2 is 1.63 bits per heavy atom. The van der Waals surface area contributed by atoms with E-state index >= 15 is 0 Å². The zero-order chi connectivity index (χ0) is 29.4. The molecule has 41 heavy (non-hydrogen) atoms. The molecule has 1 aromatic heterocycles. The highest BCUT2D eigenvalue weighted by Crippen LogP contribution is 2.32. The van der Waals surface area contributed by atoms with Gasteiger partial charge in [0, 0.05) is 11.4 Å². The highest BCUT2D eigenvalue weighted by molar-refractivity contribution is 7.99. The molecule has 0 saturated carbocycles. The predicted octanol–water partition coefficient (Wildman–Crippen LogP) is 5.35. The molecule has 0 radical (unpaired) electrons. The van der Waals surface area contributed by atoms with Gasteiger partial charge in [0.25, 0.3) is 5.91 Å². The van der Waals surface area contributed by atoms with Gasteiger partial charge in [-0.2, -0.15) is 13.2 Å². The lowest BCUT2D eigenvalue weighted by atomic mass is 10.1. The number of hydrogen-bond acceptors (Lipinski definition) is 7. The van der Waals surface area contributed by atoms with Crippen LogP contribution in [-0.2, 0) is 17.5 Å². The van der Waals surface area contributed by atoms with Crippen molar-refractivity contribution in [2.45, 2.75) is 24.8 Å². The average molecular weight is 586 g/mol. The number of nitrogens with zero attached hydrogens (tertiary/aromatic N) is 3. The number of carbonyl (C=O) groups excluding carboxylic acids is 2. The van der Waals surface area contributed by atoms with Gasteiger partial charge in [0.15, 0.2) is 11.0 Å². The number of benzene rings is 3. The molecular formula is C28H26F3N5O4S. The Labute approximate surface area is 238 Å². The molecule has 0 atom stereocenters. The summed E-state index contributed by atoms with van der Waals surface area (Å²) in [6, 6.07) is 18.4. The smallest absolute Gasteiger partial charge is 0.417 e. The highest BCUT2D eigenvalue weighted by atomic mass is 32.2. The van der Waals surface area contributed by atoms with E-state index in [4.69, 9.17) is 9.47 Å². The van der Waals surface area contributed by atoms with Gasteiger partial charge >= 0.3 is 6.18 Å². The summed E-state index contributed by atoms with van der Waals surface area (Å²) in [5, 5.41) is 14.0. The van der Waals surface area contributed by atoms with Crippen molar-refractivity contribution in [3.63, 3.8) is 0 Å². The van der Waals surface area contributed by atoms with E-state index in [1.807, 2.05) is 6.92 Å². The van der Waals surface area contributed by atoms with E-state index in [-0.39, 0.29) is 24.0 Å². The summed E-state index contributed by atoms with van der Waals surface area (Å²) in [6.07, 6.45) is -4.69. The number of anilines is 1. The summed E-state index contributed by atoms with van der Waals surface area (Å²) in [7, 11) is 1.55. The van der Waals surface area contributed by atoms with E-state index in [2.05, 4.69) is 20.8 Å². The molecule has 2 amide bonds. The summed E-state index contributed by atoms with van der Waals surface area (Å²) >= 11 is 1.11. The van der Waals surface area contributed by atoms with Gasteiger partial charge in [0.2, 0.25) is 5.91 Å². The second-order valence-corrected chi connectivity index (χ2v) is 9.39. The van der Waals surface area contributed by atoms with Crippen LogP contribution >= 0.6 is 11.8 Å². The predicted molar refractivity (Wildman–Crippen MR) is 147 cm³/mol. The number of amides is 2. The van der Waals surface area contributed by atoms with Gasteiger partial charge in [-0.1, -0.05) is 23.9 Å². The van der Waals surface area contributed by atoms with E-state index in [0.717, 1.165) is 23.9 Å². The number of halogens is 3. The van der Waals surface area contributed by atoms with Crippen LogP contribution in [0.5, 0.6) is 11.5 Å². The quantitative estimate of drug-likeness (QED) is 0.229. The second-order valence-electron chi connectivity index (χ2n) is 8.45.